The van der Waals surface area contributed by atoms with Crippen molar-refractivity contribution in [2.24, 2.45) is 0 Å². The van der Waals surface area contributed by atoms with Gasteiger partial charge in [0, 0.05) is 43.6 Å². The summed E-state index contributed by atoms with van der Waals surface area (Å²) in [5, 5.41) is 0. The third kappa shape index (κ3) is 2.31. The molecule has 2 heterocycles. The van der Waals surface area contributed by atoms with E-state index in [1.807, 2.05) is 0 Å². The van der Waals surface area contributed by atoms with Gasteiger partial charge in [-0.2, -0.15) is 0 Å². The lowest BCUT2D eigenvalue weighted by Gasteiger charge is -2.42. The van der Waals surface area contributed by atoms with Gasteiger partial charge in [-0.1, -0.05) is 0 Å². The molecule has 0 spiro atoms. The third-order valence-electron chi connectivity index (χ3n) is 3.70. The number of carbonyl (C=O) groups is 1. The summed E-state index contributed by atoms with van der Waals surface area (Å²) < 4.78 is 0. The number of aromatic amines is 1. The third-order valence-corrected chi connectivity index (χ3v) is 3.70. The number of likely N-dealkylation sites (N-methyl/N-ethyl adjacent to an activating group) is 1. The number of rotatable bonds is 1. The lowest BCUT2D eigenvalue weighted by atomic mass is 10.1. The van der Waals surface area contributed by atoms with Gasteiger partial charge in [0.15, 0.2) is 5.43 Å². The summed E-state index contributed by atoms with van der Waals surface area (Å²) in [5.74, 6) is -0.177. The first-order valence-corrected chi connectivity index (χ1v) is 6.19. The van der Waals surface area contributed by atoms with Crippen LogP contribution in [-0.2, 0) is 0 Å². The molecule has 0 bridgehead atoms. The molecule has 0 saturated carbocycles. The molecule has 5 nitrogen and oxygen atoms in total. The van der Waals surface area contributed by atoms with Crippen LogP contribution in [0.1, 0.15) is 24.2 Å². The molecular weight excluding hydrogens is 230 g/mol. The Morgan fingerprint density at radius 2 is 1.94 bits per heavy atom. The van der Waals surface area contributed by atoms with E-state index in [9.17, 15) is 9.59 Å². The average molecular weight is 249 g/mol. The molecule has 1 aliphatic rings. The van der Waals surface area contributed by atoms with Crippen LogP contribution in [0, 0.1) is 0 Å². The molecule has 1 saturated heterocycles. The minimum absolute atomic E-state index is 0.177. The SMILES string of the molecule is CC1CN(C(=O)c2c[nH]ccc2=O)CC(C)N1C. The van der Waals surface area contributed by atoms with Crippen LogP contribution >= 0.6 is 0 Å². The largest absolute Gasteiger partial charge is 0.367 e. The number of pyridine rings is 1. The molecule has 1 amide bonds. The Labute approximate surface area is 106 Å². The minimum Gasteiger partial charge on any atom is -0.367 e. The first kappa shape index (κ1) is 12.8. The highest BCUT2D eigenvalue weighted by Gasteiger charge is 2.30. The fourth-order valence-corrected chi connectivity index (χ4v) is 2.32. The van der Waals surface area contributed by atoms with Crippen molar-refractivity contribution in [1.82, 2.24) is 14.8 Å². The van der Waals surface area contributed by atoms with E-state index in [1.165, 1.54) is 18.5 Å². The highest BCUT2D eigenvalue weighted by molar-refractivity contribution is 5.93. The molecule has 98 valence electrons. The Bertz CT molecular complexity index is 485. The first-order chi connectivity index (χ1) is 8.50. The maximum Gasteiger partial charge on any atom is 0.259 e. The van der Waals surface area contributed by atoms with E-state index in [4.69, 9.17) is 0 Å². The zero-order valence-electron chi connectivity index (χ0n) is 11.0. The highest BCUT2D eigenvalue weighted by Crippen LogP contribution is 2.14. The van der Waals surface area contributed by atoms with Gasteiger partial charge in [-0.25, -0.2) is 0 Å². The maximum atomic E-state index is 12.3. The molecular formula is C13H19N3O2. The smallest absolute Gasteiger partial charge is 0.259 e. The summed E-state index contributed by atoms with van der Waals surface area (Å²) in [7, 11) is 2.06. The summed E-state index contributed by atoms with van der Waals surface area (Å²) in [6.07, 6.45) is 3.02. The molecule has 1 aliphatic heterocycles. The number of H-pyrrole nitrogens is 1. The molecule has 0 radical (unpaired) electrons. The van der Waals surface area contributed by atoms with Crippen LogP contribution in [0.3, 0.4) is 0 Å². The second-order valence-corrected chi connectivity index (χ2v) is 5.00. The van der Waals surface area contributed by atoms with E-state index in [0.717, 1.165) is 0 Å². The predicted octanol–water partition coefficient (Wildman–Crippen LogP) is 0.540. The van der Waals surface area contributed by atoms with Crippen molar-refractivity contribution < 1.29 is 4.79 Å². The van der Waals surface area contributed by atoms with E-state index in [0.29, 0.717) is 25.2 Å². The molecule has 1 fully saturated rings. The van der Waals surface area contributed by atoms with Crippen LogP contribution in [0.15, 0.2) is 23.3 Å². The summed E-state index contributed by atoms with van der Waals surface area (Å²) in [4.78, 5) is 30.8. The van der Waals surface area contributed by atoms with Gasteiger partial charge in [0.1, 0.15) is 5.56 Å². The van der Waals surface area contributed by atoms with Crippen molar-refractivity contribution in [1.29, 1.82) is 0 Å². The number of amides is 1. The van der Waals surface area contributed by atoms with Gasteiger partial charge in [0.05, 0.1) is 0 Å². The summed E-state index contributed by atoms with van der Waals surface area (Å²) in [6, 6.07) is 2.00. The Hall–Kier alpha value is -1.62. The molecule has 5 heteroatoms. The zero-order chi connectivity index (χ0) is 13.3. The number of nitrogens with zero attached hydrogens (tertiary/aromatic N) is 2. The maximum absolute atomic E-state index is 12.3. The molecule has 1 aromatic rings. The fraction of sp³-hybridized carbons (Fsp3) is 0.538. The van der Waals surface area contributed by atoms with Gasteiger partial charge in [-0.05, 0) is 20.9 Å². The van der Waals surface area contributed by atoms with Crippen molar-refractivity contribution in [3.05, 3.63) is 34.2 Å². The van der Waals surface area contributed by atoms with E-state index in [1.54, 1.807) is 4.90 Å². The van der Waals surface area contributed by atoms with Gasteiger partial charge in [0.2, 0.25) is 0 Å². The van der Waals surface area contributed by atoms with Crippen LogP contribution in [0.25, 0.3) is 0 Å². The summed E-state index contributed by atoms with van der Waals surface area (Å²) in [6.45, 7) is 5.50. The van der Waals surface area contributed by atoms with E-state index >= 15 is 0 Å². The quantitative estimate of drug-likeness (QED) is 0.790. The predicted molar refractivity (Wildman–Crippen MR) is 69.7 cm³/mol. The van der Waals surface area contributed by atoms with Crippen molar-refractivity contribution in [3.8, 4) is 0 Å². The zero-order valence-corrected chi connectivity index (χ0v) is 11.0. The van der Waals surface area contributed by atoms with Gasteiger partial charge >= 0.3 is 0 Å². The Kier molecular flexibility index (Phi) is 3.52. The molecule has 1 aromatic heterocycles. The summed E-state index contributed by atoms with van der Waals surface area (Å²) >= 11 is 0. The van der Waals surface area contributed by atoms with E-state index in [-0.39, 0.29) is 16.9 Å². The van der Waals surface area contributed by atoms with Crippen LogP contribution in [0.4, 0.5) is 0 Å². The number of piperazine rings is 1. The molecule has 2 rings (SSSR count). The number of carbonyl (C=O) groups excluding carboxylic acids is 1. The van der Waals surface area contributed by atoms with Crippen molar-refractivity contribution in [2.75, 3.05) is 20.1 Å². The number of nitrogens with one attached hydrogen (secondary N) is 1. The van der Waals surface area contributed by atoms with Gasteiger partial charge in [-0.3, -0.25) is 14.5 Å². The number of aromatic nitrogens is 1. The normalized spacial score (nSPS) is 25.2. The van der Waals surface area contributed by atoms with E-state index in [2.05, 4.69) is 30.8 Å². The van der Waals surface area contributed by atoms with Gasteiger partial charge in [-0.15, -0.1) is 0 Å². The van der Waals surface area contributed by atoms with Crippen LogP contribution in [0.2, 0.25) is 0 Å². The van der Waals surface area contributed by atoms with Crippen molar-refractivity contribution in [2.45, 2.75) is 25.9 Å². The van der Waals surface area contributed by atoms with Crippen molar-refractivity contribution in [3.63, 3.8) is 0 Å². The van der Waals surface area contributed by atoms with Gasteiger partial charge < -0.3 is 9.88 Å². The Morgan fingerprint density at radius 1 is 1.33 bits per heavy atom. The molecule has 2 atom stereocenters. The second-order valence-electron chi connectivity index (χ2n) is 5.00. The lowest BCUT2D eigenvalue weighted by Crippen LogP contribution is -2.56. The average Bonchev–Trinajstić information content (AvgIpc) is 2.35. The number of hydrogen-bond acceptors (Lipinski definition) is 3. The highest BCUT2D eigenvalue weighted by atomic mass is 16.2. The Balaban J connectivity index is 2.20. The summed E-state index contributed by atoms with van der Waals surface area (Å²) in [5.41, 5.74) is -0.000521. The Morgan fingerprint density at radius 3 is 2.50 bits per heavy atom. The topological polar surface area (TPSA) is 56.4 Å². The molecule has 0 aliphatic carbocycles. The first-order valence-electron chi connectivity index (χ1n) is 6.19. The monoisotopic (exact) mass is 249 g/mol. The van der Waals surface area contributed by atoms with E-state index < -0.39 is 0 Å². The van der Waals surface area contributed by atoms with Crippen LogP contribution in [-0.4, -0.2) is 52.9 Å². The molecule has 0 aromatic carbocycles. The lowest BCUT2D eigenvalue weighted by molar-refractivity contribution is 0.0413. The fourth-order valence-electron chi connectivity index (χ4n) is 2.32. The van der Waals surface area contributed by atoms with Crippen LogP contribution < -0.4 is 5.43 Å². The molecule has 18 heavy (non-hydrogen) atoms. The van der Waals surface area contributed by atoms with Crippen molar-refractivity contribution >= 4 is 5.91 Å². The standard InChI is InChI=1S/C13H19N3O2/c1-9-7-16(8-10(2)15(9)3)13(18)11-6-14-5-4-12(11)17/h4-6,9-10H,7-8H2,1-3H3,(H,14,17). The molecule has 2 unspecified atom stereocenters. The van der Waals surface area contributed by atoms with Crippen LogP contribution in [0.5, 0.6) is 0 Å². The second kappa shape index (κ2) is 4.94. The molecule has 1 N–H and O–H groups in total. The van der Waals surface area contributed by atoms with Gasteiger partial charge in [0.25, 0.3) is 5.91 Å². The minimum atomic E-state index is -0.224. The number of hydrogen-bond donors (Lipinski definition) is 1.